The highest BCUT2D eigenvalue weighted by molar-refractivity contribution is 5.85. The summed E-state index contributed by atoms with van der Waals surface area (Å²) in [6.07, 6.45) is 8.22. The predicted octanol–water partition coefficient (Wildman–Crippen LogP) is 1.81. The van der Waals surface area contributed by atoms with Crippen LogP contribution in [0.3, 0.4) is 0 Å². The third kappa shape index (κ3) is 3.29. The molecule has 2 heterocycles. The van der Waals surface area contributed by atoms with E-state index in [0.29, 0.717) is 5.56 Å². The quantitative estimate of drug-likeness (QED) is 0.825. The second-order valence-electron chi connectivity index (χ2n) is 4.66. The van der Waals surface area contributed by atoms with Gasteiger partial charge in [-0.15, -0.1) is 0 Å². The first-order valence-electron chi connectivity index (χ1n) is 6.13. The van der Waals surface area contributed by atoms with E-state index in [4.69, 9.17) is 5.11 Å². The summed E-state index contributed by atoms with van der Waals surface area (Å²) < 4.78 is 0. The first kappa shape index (κ1) is 12.5. The van der Waals surface area contributed by atoms with Crippen molar-refractivity contribution in [2.45, 2.75) is 19.8 Å². The molecule has 0 saturated carbocycles. The number of anilines is 1. The normalized spacial score (nSPS) is 17.3. The van der Waals surface area contributed by atoms with E-state index in [1.165, 1.54) is 18.9 Å². The maximum absolute atomic E-state index is 10.4. The number of carboxylic acids is 1. The molecule has 0 bridgehead atoms. The number of rotatable bonds is 3. The van der Waals surface area contributed by atoms with Crippen molar-refractivity contribution in [1.29, 1.82) is 0 Å². The second kappa shape index (κ2) is 5.62. The van der Waals surface area contributed by atoms with E-state index < -0.39 is 5.97 Å². The molecular weight excluding hydrogens is 230 g/mol. The molecule has 1 N–H and O–H groups in total. The fraction of sp³-hybridized carbons (Fsp3) is 0.462. The van der Waals surface area contributed by atoms with E-state index in [2.05, 4.69) is 21.8 Å². The fourth-order valence-electron chi connectivity index (χ4n) is 1.96. The Balaban J connectivity index is 2.01. The zero-order chi connectivity index (χ0) is 13.0. The Labute approximate surface area is 106 Å². The highest BCUT2D eigenvalue weighted by Gasteiger charge is 2.17. The molecule has 0 radical (unpaired) electrons. The van der Waals surface area contributed by atoms with Crippen molar-refractivity contribution in [2.24, 2.45) is 5.92 Å². The number of hydrogen-bond acceptors (Lipinski definition) is 4. The van der Waals surface area contributed by atoms with Gasteiger partial charge in [-0.05, 0) is 24.8 Å². The van der Waals surface area contributed by atoms with Crippen molar-refractivity contribution in [3.63, 3.8) is 0 Å². The monoisotopic (exact) mass is 247 g/mol. The van der Waals surface area contributed by atoms with Gasteiger partial charge in [-0.1, -0.05) is 6.92 Å². The molecule has 2 rings (SSSR count). The van der Waals surface area contributed by atoms with Gasteiger partial charge in [0.1, 0.15) is 0 Å². The molecule has 1 fully saturated rings. The van der Waals surface area contributed by atoms with Crippen LogP contribution in [-0.2, 0) is 4.79 Å². The number of aliphatic carboxylic acids is 1. The average Bonchev–Trinajstić information content (AvgIpc) is 2.38. The van der Waals surface area contributed by atoms with Crippen LogP contribution >= 0.6 is 0 Å². The molecule has 0 aromatic carbocycles. The summed E-state index contributed by atoms with van der Waals surface area (Å²) in [7, 11) is 0. The topological polar surface area (TPSA) is 66.3 Å². The van der Waals surface area contributed by atoms with Crippen molar-refractivity contribution < 1.29 is 9.90 Å². The van der Waals surface area contributed by atoms with Crippen molar-refractivity contribution in [3.8, 4) is 0 Å². The number of carbonyl (C=O) groups is 1. The third-order valence-corrected chi connectivity index (χ3v) is 3.14. The maximum atomic E-state index is 10.4. The van der Waals surface area contributed by atoms with Crippen LogP contribution in [0.15, 0.2) is 18.5 Å². The Bertz CT molecular complexity index is 434. The Hall–Kier alpha value is -1.91. The highest BCUT2D eigenvalue weighted by Crippen LogP contribution is 2.19. The molecule has 5 nitrogen and oxygen atoms in total. The molecule has 0 amide bonds. The molecule has 18 heavy (non-hydrogen) atoms. The standard InChI is InChI=1S/C13H17N3O2/c1-10-4-6-16(7-5-10)13-14-8-11(9-15-13)2-3-12(17)18/h2-3,8-10H,4-7H2,1H3,(H,17,18)/b3-2+. The van der Waals surface area contributed by atoms with E-state index in [1.807, 2.05) is 0 Å². The minimum Gasteiger partial charge on any atom is -0.478 e. The van der Waals surface area contributed by atoms with Crippen LogP contribution in [0.5, 0.6) is 0 Å². The molecule has 5 heteroatoms. The summed E-state index contributed by atoms with van der Waals surface area (Å²) in [5.41, 5.74) is 0.700. The number of carboxylic acid groups (broad SMARTS) is 1. The van der Waals surface area contributed by atoms with Gasteiger partial charge in [-0.3, -0.25) is 0 Å². The van der Waals surface area contributed by atoms with Crippen LogP contribution < -0.4 is 4.90 Å². The zero-order valence-corrected chi connectivity index (χ0v) is 10.4. The van der Waals surface area contributed by atoms with Crippen molar-refractivity contribution in [1.82, 2.24) is 9.97 Å². The highest BCUT2D eigenvalue weighted by atomic mass is 16.4. The maximum Gasteiger partial charge on any atom is 0.328 e. The average molecular weight is 247 g/mol. The summed E-state index contributed by atoms with van der Waals surface area (Å²) >= 11 is 0. The van der Waals surface area contributed by atoms with Crippen LogP contribution in [-0.4, -0.2) is 34.1 Å². The first-order valence-corrected chi connectivity index (χ1v) is 6.13. The lowest BCUT2D eigenvalue weighted by molar-refractivity contribution is -0.131. The lowest BCUT2D eigenvalue weighted by Crippen LogP contribution is -2.33. The van der Waals surface area contributed by atoms with Crippen LogP contribution in [0, 0.1) is 5.92 Å². The predicted molar refractivity (Wildman–Crippen MR) is 69.3 cm³/mol. The van der Waals surface area contributed by atoms with Crippen LogP contribution in [0.2, 0.25) is 0 Å². The lowest BCUT2D eigenvalue weighted by Gasteiger charge is -2.30. The molecular formula is C13H17N3O2. The van der Waals surface area contributed by atoms with Gasteiger partial charge in [-0.25, -0.2) is 14.8 Å². The van der Waals surface area contributed by atoms with E-state index in [9.17, 15) is 4.79 Å². The molecule has 1 saturated heterocycles. The molecule has 0 atom stereocenters. The first-order chi connectivity index (χ1) is 8.65. The molecule has 1 aliphatic rings. The van der Waals surface area contributed by atoms with Crippen LogP contribution in [0.4, 0.5) is 5.95 Å². The summed E-state index contributed by atoms with van der Waals surface area (Å²) in [5.74, 6) is 0.539. The summed E-state index contributed by atoms with van der Waals surface area (Å²) in [6.45, 7) is 4.24. The SMILES string of the molecule is CC1CCN(c2ncc(/C=C/C(=O)O)cn2)CC1. The van der Waals surface area contributed by atoms with E-state index in [0.717, 1.165) is 31.0 Å². The largest absolute Gasteiger partial charge is 0.478 e. The van der Waals surface area contributed by atoms with Gasteiger partial charge in [0.05, 0.1) is 0 Å². The van der Waals surface area contributed by atoms with Crippen molar-refractivity contribution >= 4 is 18.0 Å². The number of nitrogens with zero attached hydrogens (tertiary/aromatic N) is 3. The van der Waals surface area contributed by atoms with E-state index >= 15 is 0 Å². The molecule has 0 spiro atoms. The van der Waals surface area contributed by atoms with Gasteiger partial charge in [0, 0.05) is 37.1 Å². The minimum absolute atomic E-state index is 0.700. The smallest absolute Gasteiger partial charge is 0.328 e. The van der Waals surface area contributed by atoms with Crippen molar-refractivity contribution in [2.75, 3.05) is 18.0 Å². The van der Waals surface area contributed by atoms with Crippen LogP contribution in [0.1, 0.15) is 25.3 Å². The van der Waals surface area contributed by atoms with E-state index in [-0.39, 0.29) is 0 Å². The molecule has 1 aromatic heterocycles. The third-order valence-electron chi connectivity index (χ3n) is 3.14. The number of aromatic nitrogens is 2. The Kier molecular flexibility index (Phi) is 3.92. The zero-order valence-electron chi connectivity index (χ0n) is 10.4. The fourth-order valence-corrected chi connectivity index (χ4v) is 1.96. The Morgan fingerprint density at radius 3 is 2.56 bits per heavy atom. The molecule has 0 aliphatic carbocycles. The van der Waals surface area contributed by atoms with E-state index in [1.54, 1.807) is 12.4 Å². The summed E-state index contributed by atoms with van der Waals surface area (Å²) in [6, 6.07) is 0. The molecule has 1 aromatic rings. The van der Waals surface area contributed by atoms with Gasteiger partial charge < -0.3 is 10.0 Å². The molecule has 1 aliphatic heterocycles. The second-order valence-corrected chi connectivity index (χ2v) is 4.66. The summed E-state index contributed by atoms with van der Waals surface area (Å²) in [5, 5.41) is 8.52. The van der Waals surface area contributed by atoms with Crippen LogP contribution in [0.25, 0.3) is 6.08 Å². The van der Waals surface area contributed by atoms with Crippen molar-refractivity contribution in [3.05, 3.63) is 24.0 Å². The van der Waals surface area contributed by atoms with Gasteiger partial charge in [0.25, 0.3) is 0 Å². The van der Waals surface area contributed by atoms with Gasteiger partial charge in [0.2, 0.25) is 5.95 Å². The number of hydrogen-bond donors (Lipinski definition) is 1. The minimum atomic E-state index is -0.968. The summed E-state index contributed by atoms with van der Waals surface area (Å²) in [4.78, 5) is 21.1. The Morgan fingerprint density at radius 1 is 1.39 bits per heavy atom. The lowest BCUT2D eigenvalue weighted by atomic mass is 10.00. The van der Waals surface area contributed by atoms with Gasteiger partial charge >= 0.3 is 5.97 Å². The van der Waals surface area contributed by atoms with Gasteiger partial charge in [0.15, 0.2) is 0 Å². The molecule has 96 valence electrons. The Morgan fingerprint density at radius 2 is 2.00 bits per heavy atom. The molecule has 0 unspecified atom stereocenters. The number of piperidine rings is 1. The van der Waals surface area contributed by atoms with Gasteiger partial charge in [-0.2, -0.15) is 0 Å².